The summed E-state index contributed by atoms with van der Waals surface area (Å²) >= 11 is 1.63. The Hall–Kier alpha value is -2.46. The van der Waals surface area contributed by atoms with Gasteiger partial charge in [-0.05, 0) is 50.5 Å². The fourth-order valence-corrected chi connectivity index (χ4v) is 3.43. The largest absolute Gasteiger partial charge is 0.258 e. The van der Waals surface area contributed by atoms with Crippen LogP contribution in [0.15, 0.2) is 57.9 Å². The Bertz CT molecular complexity index is 960. The van der Waals surface area contributed by atoms with E-state index < -0.39 is 0 Å². The average Bonchev–Trinajstić information content (AvgIpc) is 3.00. The molecule has 0 saturated carbocycles. The zero-order valence-corrected chi connectivity index (χ0v) is 16.0. The highest BCUT2D eigenvalue weighted by Gasteiger charge is 2.08. The molecule has 1 heterocycles. The molecule has 0 unspecified atom stereocenters. The molecule has 0 bridgehead atoms. The number of hydrogen-bond donors (Lipinski definition) is 0. The number of nitrogens with zero attached hydrogens (tertiary/aromatic N) is 3. The SMILES string of the molecule is CCN=c1scc(-c2ccc(C)c(C)c2)n1/N=C\c1ccc(C)cc1. The van der Waals surface area contributed by atoms with Crippen molar-refractivity contribution in [3.63, 3.8) is 0 Å². The van der Waals surface area contributed by atoms with Crippen molar-refractivity contribution in [3.05, 3.63) is 74.9 Å². The molecule has 128 valence electrons. The van der Waals surface area contributed by atoms with E-state index in [9.17, 15) is 0 Å². The summed E-state index contributed by atoms with van der Waals surface area (Å²) in [5, 5.41) is 6.85. The quantitative estimate of drug-likeness (QED) is 0.597. The van der Waals surface area contributed by atoms with Gasteiger partial charge in [0.05, 0.1) is 11.9 Å². The second kappa shape index (κ2) is 7.62. The van der Waals surface area contributed by atoms with Crippen LogP contribution in [0.3, 0.4) is 0 Å². The number of hydrogen-bond acceptors (Lipinski definition) is 3. The summed E-state index contributed by atoms with van der Waals surface area (Å²) in [5.41, 5.74) is 7.15. The number of rotatable bonds is 4. The standard InChI is InChI=1S/C21H23N3S/c1-5-22-21-24(23-13-18-9-6-15(2)7-10-18)20(14-25-21)19-11-8-16(3)17(4)12-19/h6-14H,5H2,1-4H3/b22-21?,23-13-. The molecule has 0 fully saturated rings. The Morgan fingerprint density at radius 2 is 1.76 bits per heavy atom. The first-order valence-corrected chi connectivity index (χ1v) is 9.36. The summed E-state index contributed by atoms with van der Waals surface area (Å²) in [6.45, 7) is 9.15. The zero-order valence-electron chi connectivity index (χ0n) is 15.2. The molecule has 25 heavy (non-hydrogen) atoms. The van der Waals surface area contributed by atoms with Crippen LogP contribution in [-0.4, -0.2) is 17.4 Å². The molecular formula is C21H23N3S. The Morgan fingerprint density at radius 1 is 1.00 bits per heavy atom. The molecule has 0 spiro atoms. The Morgan fingerprint density at radius 3 is 2.44 bits per heavy atom. The van der Waals surface area contributed by atoms with E-state index in [1.54, 1.807) is 11.3 Å². The summed E-state index contributed by atoms with van der Waals surface area (Å²) in [6, 6.07) is 14.9. The van der Waals surface area contributed by atoms with Crippen molar-refractivity contribution in [2.45, 2.75) is 27.7 Å². The van der Waals surface area contributed by atoms with Crippen LogP contribution in [0.1, 0.15) is 29.2 Å². The summed E-state index contributed by atoms with van der Waals surface area (Å²) < 4.78 is 1.94. The van der Waals surface area contributed by atoms with E-state index in [4.69, 9.17) is 5.10 Å². The van der Waals surface area contributed by atoms with Gasteiger partial charge in [-0.2, -0.15) is 5.10 Å². The van der Waals surface area contributed by atoms with E-state index in [0.29, 0.717) is 0 Å². The van der Waals surface area contributed by atoms with Gasteiger partial charge in [0, 0.05) is 17.5 Å². The molecule has 0 aliphatic rings. The van der Waals surface area contributed by atoms with Gasteiger partial charge in [-0.1, -0.05) is 42.0 Å². The third-order valence-electron chi connectivity index (χ3n) is 4.18. The topological polar surface area (TPSA) is 29.6 Å². The maximum atomic E-state index is 4.72. The van der Waals surface area contributed by atoms with Gasteiger partial charge in [0.1, 0.15) is 0 Å². The van der Waals surface area contributed by atoms with E-state index in [1.807, 2.05) is 17.8 Å². The van der Waals surface area contributed by atoms with E-state index in [2.05, 4.69) is 73.6 Å². The Labute approximate surface area is 153 Å². The van der Waals surface area contributed by atoms with Crippen molar-refractivity contribution in [1.82, 2.24) is 4.68 Å². The first kappa shape index (κ1) is 17.4. The molecule has 0 N–H and O–H groups in total. The van der Waals surface area contributed by atoms with E-state index in [0.717, 1.165) is 28.2 Å². The third kappa shape index (κ3) is 3.97. The molecule has 0 amide bonds. The van der Waals surface area contributed by atoms with E-state index >= 15 is 0 Å². The van der Waals surface area contributed by atoms with Gasteiger partial charge < -0.3 is 0 Å². The van der Waals surface area contributed by atoms with Crippen molar-refractivity contribution < 1.29 is 0 Å². The summed E-state index contributed by atoms with van der Waals surface area (Å²) in [5.74, 6) is 0. The molecule has 0 atom stereocenters. The van der Waals surface area contributed by atoms with Crippen molar-refractivity contribution in [1.29, 1.82) is 0 Å². The van der Waals surface area contributed by atoms with Crippen LogP contribution in [0.2, 0.25) is 0 Å². The lowest BCUT2D eigenvalue weighted by atomic mass is 10.1. The third-order valence-corrected chi connectivity index (χ3v) is 5.03. The highest BCUT2D eigenvalue weighted by atomic mass is 32.1. The Kier molecular flexibility index (Phi) is 5.29. The van der Waals surface area contributed by atoms with Gasteiger partial charge in [-0.15, -0.1) is 11.3 Å². The van der Waals surface area contributed by atoms with E-state index in [1.165, 1.54) is 16.7 Å². The second-order valence-electron chi connectivity index (χ2n) is 6.14. The van der Waals surface area contributed by atoms with Crippen molar-refractivity contribution in [3.8, 4) is 11.3 Å². The van der Waals surface area contributed by atoms with Crippen LogP contribution in [-0.2, 0) is 0 Å². The molecule has 4 heteroatoms. The fourth-order valence-electron chi connectivity index (χ4n) is 2.53. The van der Waals surface area contributed by atoms with Gasteiger partial charge in [-0.25, -0.2) is 4.68 Å². The normalized spacial score (nSPS) is 12.2. The zero-order chi connectivity index (χ0) is 17.8. The highest BCUT2D eigenvalue weighted by molar-refractivity contribution is 7.07. The summed E-state index contributed by atoms with van der Waals surface area (Å²) in [4.78, 5) is 5.50. The number of aromatic nitrogens is 1. The van der Waals surface area contributed by atoms with Gasteiger partial charge in [-0.3, -0.25) is 4.99 Å². The first-order valence-electron chi connectivity index (χ1n) is 8.48. The van der Waals surface area contributed by atoms with Crippen LogP contribution >= 0.6 is 11.3 Å². The lowest BCUT2D eigenvalue weighted by Gasteiger charge is -2.06. The van der Waals surface area contributed by atoms with Crippen LogP contribution in [0, 0.1) is 20.8 Å². The Balaban J connectivity index is 2.07. The smallest absolute Gasteiger partial charge is 0.206 e. The summed E-state index contributed by atoms with van der Waals surface area (Å²) in [7, 11) is 0. The van der Waals surface area contributed by atoms with Gasteiger partial charge in [0.2, 0.25) is 4.80 Å². The average molecular weight is 350 g/mol. The minimum Gasteiger partial charge on any atom is -0.258 e. The minimum absolute atomic E-state index is 0.743. The molecule has 0 saturated heterocycles. The molecule has 1 aromatic heterocycles. The molecule has 0 aliphatic heterocycles. The van der Waals surface area contributed by atoms with Crippen molar-refractivity contribution in [2.24, 2.45) is 10.1 Å². The van der Waals surface area contributed by atoms with Gasteiger partial charge in [0.25, 0.3) is 0 Å². The monoisotopic (exact) mass is 349 g/mol. The highest BCUT2D eigenvalue weighted by Crippen LogP contribution is 2.23. The van der Waals surface area contributed by atoms with Crippen LogP contribution in [0.25, 0.3) is 11.3 Å². The second-order valence-corrected chi connectivity index (χ2v) is 6.98. The molecule has 0 radical (unpaired) electrons. The van der Waals surface area contributed by atoms with Crippen molar-refractivity contribution in [2.75, 3.05) is 6.54 Å². The fraction of sp³-hybridized carbons (Fsp3) is 0.238. The molecule has 2 aromatic carbocycles. The lowest BCUT2D eigenvalue weighted by molar-refractivity contribution is 0.833. The first-order chi connectivity index (χ1) is 12.1. The molecule has 3 nitrogen and oxygen atoms in total. The minimum atomic E-state index is 0.743. The maximum Gasteiger partial charge on any atom is 0.206 e. The predicted molar refractivity (Wildman–Crippen MR) is 107 cm³/mol. The molecule has 3 aromatic rings. The predicted octanol–water partition coefficient (Wildman–Crippen LogP) is 4.94. The number of thiazole rings is 1. The number of benzene rings is 2. The van der Waals surface area contributed by atoms with Crippen molar-refractivity contribution >= 4 is 17.6 Å². The van der Waals surface area contributed by atoms with Crippen LogP contribution in [0.5, 0.6) is 0 Å². The number of aryl methyl sites for hydroxylation is 3. The van der Waals surface area contributed by atoms with Gasteiger partial charge >= 0.3 is 0 Å². The van der Waals surface area contributed by atoms with E-state index in [-0.39, 0.29) is 0 Å². The summed E-state index contributed by atoms with van der Waals surface area (Å²) in [6.07, 6.45) is 1.89. The maximum absolute atomic E-state index is 4.72. The molecule has 0 aliphatic carbocycles. The molecular weight excluding hydrogens is 326 g/mol. The lowest BCUT2D eigenvalue weighted by Crippen LogP contribution is -2.12. The van der Waals surface area contributed by atoms with Crippen LogP contribution < -0.4 is 4.80 Å². The van der Waals surface area contributed by atoms with Crippen LogP contribution in [0.4, 0.5) is 0 Å². The van der Waals surface area contributed by atoms with Gasteiger partial charge in [0.15, 0.2) is 0 Å². The molecule has 3 rings (SSSR count).